The van der Waals surface area contributed by atoms with Gasteiger partial charge in [-0.1, -0.05) is 36.4 Å². The highest BCUT2D eigenvalue weighted by Gasteiger charge is 2.10. The van der Waals surface area contributed by atoms with Crippen molar-refractivity contribution in [2.45, 2.75) is 46.1 Å². The Balaban J connectivity index is 1.88. The van der Waals surface area contributed by atoms with E-state index in [9.17, 15) is 10.1 Å². The van der Waals surface area contributed by atoms with Gasteiger partial charge in [-0.25, -0.2) is 0 Å². The van der Waals surface area contributed by atoms with Gasteiger partial charge < -0.3 is 10.1 Å². The fourth-order valence-corrected chi connectivity index (χ4v) is 2.26. The first-order valence-corrected chi connectivity index (χ1v) is 7.99. The van der Waals surface area contributed by atoms with Crippen molar-refractivity contribution in [3.63, 3.8) is 0 Å². The van der Waals surface area contributed by atoms with Crippen LogP contribution in [0.15, 0.2) is 48.5 Å². The summed E-state index contributed by atoms with van der Waals surface area (Å²) in [4.78, 5) is 10.4. The predicted molar refractivity (Wildman–Crippen MR) is 94.6 cm³/mol. The standard InChI is InChI=1S/C19H24N2O3/c1-19(2,3)24-14-17-8-4-6-15(10-17)12-20-13-16-7-5-9-18(11-16)21(22)23/h4-11,20H,12-14H2,1-3H3. The Morgan fingerprint density at radius 2 is 1.58 bits per heavy atom. The average Bonchev–Trinajstić information content (AvgIpc) is 2.53. The molecule has 0 saturated carbocycles. The summed E-state index contributed by atoms with van der Waals surface area (Å²) in [7, 11) is 0. The number of nitro groups is 1. The lowest BCUT2D eigenvalue weighted by atomic mass is 10.1. The molecule has 5 nitrogen and oxygen atoms in total. The minimum atomic E-state index is -0.373. The third-order valence-electron chi connectivity index (χ3n) is 3.44. The molecule has 24 heavy (non-hydrogen) atoms. The van der Waals surface area contributed by atoms with Crippen molar-refractivity contribution in [3.8, 4) is 0 Å². The maximum Gasteiger partial charge on any atom is 0.269 e. The molecule has 0 aliphatic heterocycles. The van der Waals surface area contributed by atoms with Crippen LogP contribution in [0.1, 0.15) is 37.5 Å². The normalized spacial score (nSPS) is 11.5. The van der Waals surface area contributed by atoms with E-state index in [4.69, 9.17) is 4.74 Å². The first-order chi connectivity index (χ1) is 11.3. The zero-order chi connectivity index (χ0) is 17.6. The van der Waals surface area contributed by atoms with E-state index in [1.165, 1.54) is 6.07 Å². The van der Waals surface area contributed by atoms with Crippen LogP contribution in [0.3, 0.4) is 0 Å². The van der Waals surface area contributed by atoms with Gasteiger partial charge in [0, 0.05) is 25.2 Å². The van der Waals surface area contributed by atoms with Gasteiger partial charge >= 0.3 is 0 Å². The fourth-order valence-electron chi connectivity index (χ4n) is 2.26. The van der Waals surface area contributed by atoms with Crippen LogP contribution < -0.4 is 5.32 Å². The van der Waals surface area contributed by atoms with Crippen molar-refractivity contribution in [3.05, 3.63) is 75.3 Å². The molecule has 0 aromatic heterocycles. The maximum atomic E-state index is 10.8. The number of rotatable bonds is 7. The van der Waals surface area contributed by atoms with Crippen molar-refractivity contribution in [1.29, 1.82) is 0 Å². The Bertz CT molecular complexity index is 693. The van der Waals surface area contributed by atoms with E-state index in [1.54, 1.807) is 12.1 Å². The van der Waals surface area contributed by atoms with Crippen molar-refractivity contribution in [2.75, 3.05) is 0 Å². The van der Waals surface area contributed by atoms with Gasteiger partial charge in [0.15, 0.2) is 0 Å². The lowest BCUT2D eigenvalue weighted by Crippen LogP contribution is -2.18. The zero-order valence-corrected chi connectivity index (χ0v) is 14.4. The highest BCUT2D eigenvalue weighted by molar-refractivity contribution is 5.34. The summed E-state index contributed by atoms with van der Waals surface area (Å²) in [6.07, 6.45) is 0. The molecule has 0 amide bonds. The second-order valence-electron chi connectivity index (χ2n) is 6.75. The minimum absolute atomic E-state index is 0.121. The van der Waals surface area contributed by atoms with Crippen molar-refractivity contribution in [2.24, 2.45) is 0 Å². The largest absolute Gasteiger partial charge is 0.371 e. The summed E-state index contributed by atoms with van der Waals surface area (Å²) in [6, 6.07) is 14.9. The first-order valence-electron chi connectivity index (χ1n) is 7.99. The Labute approximate surface area is 142 Å². The molecule has 0 fully saturated rings. The number of ether oxygens (including phenoxy) is 1. The van der Waals surface area contributed by atoms with Gasteiger partial charge in [0.1, 0.15) is 0 Å². The van der Waals surface area contributed by atoms with E-state index in [-0.39, 0.29) is 16.2 Å². The molecule has 1 N–H and O–H groups in total. The fraction of sp³-hybridized carbons (Fsp3) is 0.368. The Morgan fingerprint density at radius 1 is 1.00 bits per heavy atom. The topological polar surface area (TPSA) is 64.4 Å². The molecular formula is C19H24N2O3. The molecule has 0 atom stereocenters. The van der Waals surface area contributed by atoms with Crippen LogP contribution in [0.4, 0.5) is 5.69 Å². The van der Waals surface area contributed by atoms with E-state index in [0.717, 1.165) is 16.7 Å². The van der Waals surface area contributed by atoms with Gasteiger partial charge in [0.2, 0.25) is 0 Å². The van der Waals surface area contributed by atoms with Gasteiger partial charge in [0.25, 0.3) is 5.69 Å². The van der Waals surface area contributed by atoms with Gasteiger partial charge in [-0.2, -0.15) is 0 Å². The summed E-state index contributed by atoms with van der Waals surface area (Å²) < 4.78 is 5.80. The number of non-ortho nitro benzene ring substituents is 1. The molecule has 0 aliphatic carbocycles. The summed E-state index contributed by atoms with van der Waals surface area (Å²) in [5, 5.41) is 14.1. The molecule has 128 valence electrons. The smallest absolute Gasteiger partial charge is 0.269 e. The first kappa shape index (κ1) is 18.1. The van der Waals surface area contributed by atoms with Gasteiger partial charge in [-0.3, -0.25) is 10.1 Å². The van der Waals surface area contributed by atoms with Crippen LogP contribution in [-0.2, 0) is 24.4 Å². The lowest BCUT2D eigenvalue weighted by Gasteiger charge is -2.19. The average molecular weight is 328 g/mol. The second-order valence-corrected chi connectivity index (χ2v) is 6.75. The van der Waals surface area contributed by atoms with Crippen LogP contribution in [0.5, 0.6) is 0 Å². The quantitative estimate of drug-likeness (QED) is 0.611. The minimum Gasteiger partial charge on any atom is -0.371 e. The van der Waals surface area contributed by atoms with Gasteiger partial charge in [-0.05, 0) is 37.5 Å². The van der Waals surface area contributed by atoms with Crippen molar-refractivity contribution < 1.29 is 9.66 Å². The van der Waals surface area contributed by atoms with E-state index in [2.05, 4.69) is 23.5 Å². The molecule has 0 heterocycles. The van der Waals surface area contributed by atoms with Gasteiger partial charge in [-0.15, -0.1) is 0 Å². The molecule has 0 saturated heterocycles. The SMILES string of the molecule is CC(C)(C)OCc1cccc(CNCc2cccc([N+](=O)[O-])c2)c1. The number of hydrogen-bond donors (Lipinski definition) is 1. The molecule has 0 aliphatic rings. The summed E-state index contributed by atoms with van der Waals surface area (Å²) in [6.45, 7) is 7.99. The highest BCUT2D eigenvalue weighted by Crippen LogP contribution is 2.14. The molecule has 2 aromatic rings. The molecule has 0 radical (unpaired) electrons. The Kier molecular flexibility index (Phi) is 6.06. The number of benzene rings is 2. The summed E-state index contributed by atoms with van der Waals surface area (Å²) >= 11 is 0. The number of nitrogens with one attached hydrogen (secondary N) is 1. The van der Waals surface area contributed by atoms with Crippen LogP contribution in [-0.4, -0.2) is 10.5 Å². The second kappa shape index (κ2) is 8.04. The van der Waals surface area contributed by atoms with Crippen LogP contribution in [0.2, 0.25) is 0 Å². The lowest BCUT2D eigenvalue weighted by molar-refractivity contribution is -0.384. The van der Waals surface area contributed by atoms with E-state index in [0.29, 0.717) is 19.7 Å². The molecule has 0 unspecified atom stereocenters. The molecule has 0 bridgehead atoms. The molecule has 5 heteroatoms. The molecule has 2 rings (SSSR count). The highest BCUT2D eigenvalue weighted by atomic mass is 16.6. The van der Waals surface area contributed by atoms with Crippen LogP contribution in [0, 0.1) is 10.1 Å². The number of nitrogens with zero attached hydrogens (tertiary/aromatic N) is 1. The van der Waals surface area contributed by atoms with Gasteiger partial charge in [0.05, 0.1) is 17.1 Å². The van der Waals surface area contributed by atoms with Crippen molar-refractivity contribution in [1.82, 2.24) is 5.32 Å². The monoisotopic (exact) mass is 328 g/mol. The van der Waals surface area contributed by atoms with E-state index < -0.39 is 0 Å². The summed E-state index contributed by atoms with van der Waals surface area (Å²) in [5.41, 5.74) is 3.16. The predicted octanol–water partition coefficient (Wildman–Crippen LogP) is 4.20. The zero-order valence-electron chi connectivity index (χ0n) is 14.4. The third kappa shape index (κ3) is 6.10. The molecule has 0 spiro atoms. The van der Waals surface area contributed by atoms with Crippen LogP contribution in [0.25, 0.3) is 0 Å². The Hall–Kier alpha value is -2.24. The van der Waals surface area contributed by atoms with Crippen molar-refractivity contribution >= 4 is 5.69 Å². The summed E-state index contributed by atoms with van der Waals surface area (Å²) in [5.74, 6) is 0. The van der Waals surface area contributed by atoms with E-state index >= 15 is 0 Å². The van der Waals surface area contributed by atoms with Crippen LogP contribution >= 0.6 is 0 Å². The van der Waals surface area contributed by atoms with E-state index in [1.807, 2.05) is 32.9 Å². The third-order valence-corrected chi connectivity index (χ3v) is 3.44. The Morgan fingerprint density at radius 3 is 2.21 bits per heavy atom. The molecule has 2 aromatic carbocycles. The maximum absolute atomic E-state index is 10.8. The number of nitro benzene ring substituents is 1. The number of hydrogen-bond acceptors (Lipinski definition) is 4. The molecular weight excluding hydrogens is 304 g/mol.